The zero-order valence-electron chi connectivity index (χ0n) is 15.7. The van der Waals surface area contributed by atoms with Crippen LogP contribution in [0, 0.1) is 24.2 Å². The Morgan fingerprint density at radius 1 is 1.27 bits per heavy atom. The van der Waals surface area contributed by atoms with Gasteiger partial charge < -0.3 is 10.1 Å². The van der Waals surface area contributed by atoms with Crippen molar-refractivity contribution in [3.8, 4) is 6.07 Å². The van der Waals surface area contributed by atoms with Gasteiger partial charge in [-0.15, -0.1) is 0 Å². The van der Waals surface area contributed by atoms with Crippen molar-refractivity contribution in [1.82, 2.24) is 10.3 Å². The minimum absolute atomic E-state index is 0.0915. The maximum atomic E-state index is 12.6. The van der Waals surface area contributed by atoms with Gasteiger partial charge in [-0.2, -0.15) is 5.26 Å². The molecule has 0 bridgehead atoms. The van der Waals surface area contributed by atoms with Crippen LogP contribution in [0.1, 0.15) is 43.7 Å². The monoisotopic (exact) mass is 353 g/mol. The number of rotatable bonds is 5. The third kappa shape index (κ3) is 3.99. The summed E-state index contributed by atoms with van der Waals surface area (Å²) in [6.07, 6.45) is -1.03. The molecule has 6 nitrogen and oxygen atoms in total. The smallest absolute Gasteiger partial charge is 0.339 e. The molecule has 1 N–H and O–H groups in total. The Balaban J connectivity index is 2.20. The van der Waals surface area contributed by atoms with Crippen molar-refractivity contribution in [2.24, 2.45) is 5.92 Å². The number of ether oxygens (including phenoxy) is 1. The summed E-state index contributed by atoms with van der Waals surface area (Å²) in [6, 6.07) is 11.0. The molecule has 0 aliphatic rings. The van der Waals surface area contributed by atoms with Crippen LogP contribution in [0.5, 0.6) is 0 Å². The fraction of sp³-hybridized carbons (Fsp3) is 0.400. The molecule has 0 unspecified atom stereocenters. The van der Waals surface area contributed by atoms with E-state index in [9.17, 15) is 14.9 Å². The zero-order valence-corrected chi connectivity index (χ0v) is 15.7. The summed E-state index contributed by atoms with van der Waals surface area (Å²) in [5, 5.41) is 12.6. The summed E-state index contributed by atoms with van der Waals surface area (Å²) < 4.78 is 5.34. The van der Waals surface area contributed by atoms with E-state index in [0.717, 1.165) is 0 Å². The second kappa shape index (κ2) is 7.52. The molecule has 1 aromatic carbocycles. The van der Waals surface area contributed by atoms with Crippen LogP contribution in [0.3, 0.4) is 0 Å². The molecule has 1 amide bonds. The van der Waals surface area contributed by atoms with Gasteiger partial charge >= 0.3 is 5.97 Å². The highest BCUT2D eigenvalue weighted by molar-refractivity contribution is 6.04. The predicted molar refractivity (Wildman–Crippen MR) is 98.4 cm³/mol. The highest BCUT2D eigenvalue weighted by Gasteiger charge is 2.32. The summed E-state index contributed by atoms with van der Waals surface area (Å²) in [7, 11) is 0. The van der Waals surface area contributed by atoms with Crippen LogP contribution in [0.15, 0.2) is 30.3 Å². The molecule has 0 saturated heterocycles. The van der Waals surface area contributed by atoms with Gasteiger partial charge in [-0.1, -0.05) is 32.0 Å². The number of carbonyl (C=O) groups is 2. The van der Waals surface area contributed by atoms with Gasteiger partial charge in [-0.3, -0.25) is 9.78 Å². The number of nitriles is 1. The van der Waals surface area contributed by atoms with E-state index < -0.39 is 23.5 Å². The van der Waals surface area contributed by atoms with Crippen molar-refractivity contribution in [3.63, 3.8) is 0 Å². The van der Waals surface area contributed by atoms with E-state index in [2.05, 4.69) is 16.4 Å². The van der Waals surface area contributed by atoms with Crippen LogP contribution >= 0.6 is 0 Å². The van der Waals surface area contributed by atoms with Gasteiger partial charge in [-0.25, -0.2) is 4.79 Å². The Hall–Kier alpha value is -2.94. The summed E-state index contributed by atoms with van der Waals surface area (Å²) >= 11 is 0. The molecule has 26 heavy (non-hydrogen) atoms. The number of benzene rings is 1. The molecule has 0 aliphatic heterocycles. The molecule has 2 rings (SSSR count). The Morgan fingerprint density at radius 3 is 2.54 bits per heavy atom. The fourth-order valence-electron chi connectivity index (χ4n) is 2.41. The quantitative estimate of drug-likeness (QED) is 0.834. The van der Waals surface area contributed by atoms with E-state index in [1.54, 1.807) is 26.0 Å². The summed E-state index contributed by atoms with van der Waals surface area (Å²) in [5.41, 5.74) is 0.704. The topological polar surface area (TPSA) is 92.1 Å². The van der Waals surface area contributed by atoms with Crippen molar-refractivity contribution < 1.29 is 14.3 Å². The molecule has 1 aromatic heterocycles. The van der Waals surface area contributed by atoms with Crippen LogP contribution in [0.4, 0.5) is 0 Å². The zero-order chi connectivity index (χ0) is 19.5. The lowest BCUT2D eigenvalue weighted by molar-refractivity contribution is -0.130. The summed E-state index contributed by atoms with van der Waals surface area (Å²) in [5.74, 6) is -1.20. The van der Waals surface area contributed by atoms with E-state index in [4.69, 9.17) is 4.74 Å². The number of hydrogen-bond donors (Lipinski definition) is 1. The highest BCUT2D eigenvalue weighted by atomic mass is 16.5. The third-order valence-electron chi connectivity index (χ3n) is 4.49. The van der Waals surface area contributed by atoms with E-state index in [0.29, 0.717) is 22.2 Å². The average Bonchev–Trinajstić information content (AvgIpc) is 2.60. The molecular weight excluding hydrogens is 330 g/mol. The minimum Gasteiger partial charge on any atom is -0.449 e. The standard InChI is InChI=1S/C20H23N3O3/c1-12(2)20(5,11-21)23-18(24)14(4)26-19(25)16-10-13(3)22-17-9-7-6-8-15(16)17/h6-10,12,14H,1-5H3,(H,23,24)/t14-,20-/m1/s1. The molecule has 0 fully saturated rings. The van der Waals surface area contributed by atoms with Crippen molar-refractivity contribution in [3.05, 3.63) is 41.6 Å². The first-order chi connectivity index (χ1) is 12.2. The number of aromatic nitrogens is 1. The third-order valence-corrected chi connectivity index (χ3v) is 4.49. The number of pyridine rings is 1. The summed E-state index contributed by atoms with van der Waals surface area (Å²) in [4.78, 5) is 29.4. The molecule has 2 aromatic rings. The molecule has 1 heterocycles. The van der Waals surface area contributed by atoms with Gasteiger partial charge in [0.05, 0.1) is 17.1 Å². The lowest BCUT2D eigenvalue weighted by atomic mass is 9.90. The number of esters is 1. The predicted octanol–water partition coefficient (Wildman–Crippen LogP) is 3.14. The number of fused-ring (bicyclic) bond motifs is 1. The Kier molecular flexibility index (Phi) is 5.61. The Labute approximate surface area is 153 Å². The molecule has 0 radical (unpaired) electrons. The van der Waals surface area contributed by atoms with Crippen LogP contribution < -0.4 is 5.32 Å². The molecular formula is C20H23N3O3. The summed E-state index contributed by atoms with van der Waals surface area (Å²) in [6.45, 7) is 8.60. The first-order valence-corrected chi connectivity index (χ1v) is 8.48. The van der Waals surface area contributed by atoms with Gasteiger partial charge in [0.2, 0.25) is 0 Å². The second-order valence-corrected chi connectivity index (χ2v) is 6.83. The van der Waals surface area contributed by atoms with Crippen LogP contribution in [-0.2, 0) is 9.53 Å². The van der Waals surface area contributed by atoms with E-state index in [1.165, 1.54) is 6.92 Å². The molecule has 2 atom stereocenters. The molecule has 0 saturated carbocycles. The Bertz CT molecular complexity index is 885. The Morgan fingerprint density at radius 2 is 1.92 bits per heavy atom. The van der Waals surface area contributed by atoms with Gasteiger partial charge in [0, 0.05) is 11.1 Å². The molecule has 6 heteroatoms. The maximum absolute atomic E-state index is 12.6. The minimum atomic E-state index is -1.03. The number of hydrogen-bond acceptors (Lipinski definition) is 5. The van der Waals surface area contributed by atoms with E-state index >= 15 is 0 Å². The largest absolute Gasteiger partial charge is 0.449 e. The average molecular weight is 353 g/mol. The van der Waals surface area contributed by atoms with Crippen molar-refractivity contribution >= 4 is 22.8 Å². The van der Waals surface area contributed by atoms with Gasteiger partial charge in [0.15, 0.2) is 6.10 Å². The van der Waals surface area contributed by atoms with Gasteiger partial charge in [0.1, 0.15) is 5.54 Å². The number of nitrogens with zero attached hydrogens (tertiary/aromatic N) is 2. The number of para-hydroxylation sites is 1. The van der Waals surface area contributed by atoms with Gasteiger partial charge in [-0.05, 0) is 38.8 Å². The second-order valence-electron chi connectivity index (χ2n) is 6.83. The van der Waals surface area contributed by atoms with E-state index in [-0.39, 0.29) is 5.92 Å². The normalized spacial score (nSPS) is 14.3. The van der Waals surface area contributed by atoms with E-state index in [1.807, 2.05) is 32.0 Å². The number of nitrogens with one attached hydrogen (secondary N) is 1. The maximum Gasteiger partial charge on any atom is 0.339 e. The first kappa shape index (κ1) is 19.4. The number of amides is 1. The molecule has 136 valence electrons. The first-order valence-electron chi connectivity index (χ1n) is 8.48. The molecule has 0 aliphatic carbocycles. The fourth-order valence-corrected chi connectivity index (χ4v) is 2.41. The number of aryl methyl sites for hydroxylation is 1. The molecule has 0 spiro atoms. The van der Waals surface area contributed by atoms with Gasteiger partial charge in [0.25, 0.3) is 5.91 Å². The van der Waals surface area contributed by atoms with Crippen molar-refractivity contribution in [2.45, 2.75) is 46.3 Å². The SMILES string of the molecule is Cc1cc(C(=O)O[C@H](C)C(=O)N[C@](C)(C#N)C(C)C)c2ccccc2n1. The lowest BCUT2D eigenvalue weighted by Gasteiger charge is -2.28. The van der Waals surface area contributed by atoms with Crippen LogP contribution in [0.25, 0.3) is 10.9 Å². The van der Waals surface area contributed by atoms with Crippen molar-refractivity contribution in [1.29, 1.82) is 5.26 Å². The van der Waals surface area contributed by atoms with Crippen molar-refractivity contribution in [2.75, 3.05) is 0 Å². The number of carbonyl (C=O) groups excluding carboxylic acids is 2. The van der Waals surface area contributed by atoms with Crippen LogP contribution in [-0.4, -0.2) is 28.5 Å². The lowest BCUT2D eigenvalue weighted by Crippen LogP contribution is -2.52. The van der Waals surface area contributed by atoms with Crippen LogP contribution in [0.2, 0.25) is 0 Å². The highest BCUT2D eigenvalue weighted by Crippen LogP contribution is 2.20.